The summed E-state index contributed by atoms with van der Waals surface area (Å²) in [6.45, 7) is 4.52. The molecule has 0 unspecified atom stereocenters. The maximum Gasteiger partial charge on any atom is 0.333 e. The molecule has 0 saturated heterocycles. The van der Waals surface area contributed by atoms with Gasteiger partial charge in [0, 0.05) is 5.57 Å². The lowest BCUT2D eigenvalue weighted by molar-refractivity contribution is -0.138. The van der Waals surface area contributed by atoms with Gasteiger partial charge in [-0.1, -0.05) is 25.3 Å². The number of unbranched alkanes of at least 4 members (excludes halogenated alkanes) is 1. The predicted molar refractivity (Wildman–Crippen MR) is 66.3 cm³/mol. The summed E-state index contributed by atoms with van der Waals surface area (Å²) in [4.78, 5) is 11.9. The third-order valence-corrected chi connectivity index (χ3v) is 3.19. The topological polar surface area (TPSA) is 26.3 Å². The molecule has 0 radical (unpaired) electrons. The molecule has 1 aliphatic rings. The van der Waals surface area contributed by atoms with Crippen LogP contribution in [0.1, 0.15) is 65.2 Å². The van der Waals surface area contributed by atoms with E-state index in [4.69, 9.17) is 4.74 Å². The van der Waals surface area contributed by atoms with Crippen molar-refractivity contribution in [3.8, 4) is 0 Å². The van der Waals surface area contributed by atoms with Gasteiger partial charge in [-0.15, -0.1) is 0 Å². The van der Waals surface area contributed by atoms with Crippen LogP contribution in [0.4, 0.5) is 0 Å². The summed E-state index contributed by atoms with van der Waals surface area (Å²) in [6.07, 6.45) is 9.15. The standard InChI is InChI=1S/C14H24O2/c1-3-5-11-13(14(15)16-4-2)12-9-7-6-8-10-12/h3-11H2,1-2H3. The first-order chi connectivity index (χ1) is 7.79. The Hall–Kier alpha value is -0.790. The van der Waals surface area contributed by atoms with E-state index in [1.165, 1.54) is 24.8 Å². The molecule has 0 aliphatic heterocycles. The molecule has 0 aromatic carbocycles. The highest BCUT2D eigenvalue weighted by molar-refractivity contribution is 5.89. The van der Waals surface area contributed by atoms with E-state index in [1.807, 2.05) is 6.92 Å². The molecule has 92 valence electrons. The molecule has 1 fully saturated rings. The van der Waals surface area contributed by atoms with Crippen molar-refractivity contribution >= 4 is 5.97 Å². The zero-order valence-corrected chi connectivity index (χ0v) is 10.7. The van der Waals surface area contributed by atoms with Gasteiger partial charge in [-0.2, -0.15) is 0 Å². The molecule has 1 rings (SSSR count). The largest absolute Gasteiger partial charge is 0.463 e. The Balaban J connectivity index is 2.71. The van der Waals surface area contributed by atoms with E-state index < -0.39 is 0 Å². The van der Waals surface area contributed by atoms with Crippen LogP contribution < -0.4 is 0 Å². The van der Waals surface area contributed by atoms with Crippen molar-refractivity contribution in [1.82, 2.24) is 0 Å². The van der Waals surface area contributed by atoms with E-state index in [9.17, 15) is 4.79 Å². The van der Waals surface area contributed by atoms with Gasteiger partial charge in [0.2, 0.25) is 0 Å². The summed E-state index contributed by atoms with van der Waals surface area (Å²) >= 11 is 0. The molecular formula is C14H24O2. The first-order valence-electron chi connectivity index (χ1n) is 6.67. The number of hydrogen-bond acceptors (Lipinski definition) is 2. The van der Waals surface area contributed by atoms with Gasteiger partial charge in [0.25, 0.3) is 0 Å². The summed E-state index contributed by atoms with van der Waals surface area (Å²) in [5.41, 5.74) is 2.36. The van der Waals surface area contributed by atoms with Crippen molar-refractivity contribution in [1.29, 1.82) is 0 Å². The smallest absolute Gasteiger partial charge is 0.333 e. The molecule has 0 aromatic rings. The molecule has 16 heavy (non-hydrogen) atoms. The molecule has 2 nitrogen and oxygen atoms in total. The normalized spacial score (nSPS) is 16.0. The lowest BCUT2D eigenvalue weighted by Gasteiger charge is -2.18. The van der Waals surface area contributed by atoms with Crippen LogP contribution in [-0.4, -0.2) is 12.6 Å². The molecule has 0 spiro atoms. The van der Waals surface area contributed by atoms with Gasteiger partial charge in [-0.05, 0) is 45.4 Å². The van der Waals surface area contributed by atoms with Crippen LogP contribution in [0.3, 0.4) is 0 Å². The molecular weight excluding hydrogens is 200 g/mol. The van der Waals surface area contributed by atoms with Gasteiger partial charge in [-0.3, -0.25) is 0 Å². The maximum atomic E-state index is 11.9. The molecule has 0 N–H and O–H groups in total. The second-order valence-electron chi connectivity index (χ2n) is 4.47. The van der Waals surface area contributed by atoms with E-state index in [0.29, 0.717) is 6.61 Å². The van der Waals surface area contributed by atoms with E-state index in [-0.39, 0.29) is 5.97 Å². The van der Waals surface area contributed by atoms with Gasteiger partial charge >= 0.3 is 5.97 Å². The molecule has 0 amide bonds. The quantitative estimate of drug-likeness (QED) is 0.521. The van der Waals surface area contributed by atoms with Gasteiger partial charge in [0.15, 0.2) is 0 Å². The van der Waals surface area contributed by atoms with Crippen LogP contribution in [0.25, 0.3) is 0 Å². The molecule has 0 bridgehead atoms. The van der Waals surface area contributed by atoms with Crippen molar-refractivity contribution in [3.63, 3.8) is 0 Å². The average molecular weight is 224 g/mol. The van der Waals surface area contributed by atoms with Crippen molar-refractivity contribution in [2.24, 2.45) is 0 Å². The van der Waals surface area contributed by atoms with Crippen LogP contribution in [0.15, 0.2) is 11.1 Å². The number of allylic oxidation sites excluding steroid dienone is 1. The highest BCUT2D eigenvalue weighted by Gasteiger charge is 2.17. The first-order valence-corrected chi connectivity index (χ1v) is 6.67. The summed E-state index contributed by atoms with van der Waals surface area (Å²) in [6, 6.07) is 0. The number of esters is 1. The Morgan fingerprint density at radius 2 is 1.88 bits per heavy atom. The summed E-state index contributed by atoms with van der Waals surface area (Å²) < 4.78 is 5.16. The molecule has 1 saturated carbocycles. The lowest BCUT2D eigenvalue weighted by atomic mass is 9.89. The Bertz CT molecular complexity index is 245. The fourth-order valence-corrected chi connectivity index (χ4v) is 2.28. The van der Waals surface area contributed by atoms with E-state index in [0.717, 1.165) is 37.7 Å². The Morgan fingerprint density at radius 3 is 2.44 bits per heavy atom. The van der Waals surface area contributed by atoms with Crippen LogP contribution in [-0.2, 0) is 9.53 Å². The number of carbonyl (C=O) groups excluding carboxylic acids is 1. The van der Waals surface area contributed by atoms with Crippen LogP contribution in [0, 0.1) is 0 Å². The van der Waals surface area contributed by atoms with Crippen molar-refractivity contribution in [2.45, 2.75) is 65.2 Å². The number of hydrogen-bond donors (Lipinski definition) is 0. The van der Waals surface area contributed by atoms with Gasteiger partial charge in [0.05, 0.1) is 6.61 Å². The fourth-order valence-electron chi connectivity index (χ4n) is 2.28. The minimum absolute atomic E-state index is 0.0622. The monoisotopic (exact) mass is 224 g/mol. The molecule has 2 heteroatoms. The second kappa shape index (κ2) is 7.48. The van der Waals surface area contributed by atoms with Gasteiger partial charge < -0.3 is 4.74 Å². The van der Waals surface area contributed by atoms with Crippen LogP contribution in [0.2, 0.25) is 0 Å². The average Bonchev–Trinajstić information content (AvgIpc) is 2.31. The SMILES string of the molecule is CCCCC(C(=O)OCC)=C1CCCCC1. The third kappa shape index (κ3) is 3.99. The van der Waals surface area contributed by atoms with Crippen LogP contribution >= 0.6 is 0 Å². The van der Waals surface area contributed by atoms with E-state index >= 15 is 0 Å². The maximum absolute atomic E-state index is 11.9. The highest BCUT2D eigenvalue weighted by Crippen LogP contribution is 2.28. The Labute approximate surface area is 99.1 Å². The van der Waals surface area contributed by atoms with E-state index in [1.54, 1.807) is 0 Å². The van der Waals surface area contributed by atoms with Crippen molar-refractivity contribution in [3.05, 3.63) is 11.1 Å². The zero-order chi connectivity index (χ0) is 11.8. The number of rotatable bonds is 5. The van der Waals surface area contributed by atoms with Crippen LogP contribution in [0.5, 0.6) is 0 Å². The minimum Gasteiger partial charge on any atom is -0.463 e. The molecule has 0 heterocycles. The highest BCUT2D eigenvalue weighted by atomic mass is 16.5. The summed E-state index contributed by atoms with van der Waals surface area (Å²) in [5.74, 6) is -0.0622. The van der Waals surface area contributed by atoms with Crippen molar-refractivity contribution < 1.29 is 9.53 Å². The summed E-state index contributed by atoms with van der Waals surface area (Å²) in [7, 11) is 0. The van der Waals surface area contributed by atoms with Gasteiger partial charge in [0.1, 0.15) is 0 Å². The second-order valence-corrected chi connectivity index (χ2v) is 4.47. The zero-order valence-electron chi connectivity index (χ0n) is 10.7. The molecule has 0 atom stereocenters. The number of ether oxygens (including phenoxy) is 1. The summed E-state index contributed by atoms with van der Waals surface area (Å²) in [5, 5.41) is 0. The Morgan fingerprint density at radius 1 is 1.19 bits per heavy atom. The third-order valence-electron chi connectivity index (χ3n) is 3.19. The van der Waals surface area contributed by atoms with Crippen molar-refractivity contribution in [2.75, 3.05) is 6.61 Å². The fraction of sp³-hybridized carbons (Fsp3) is 0.786. The molecule has 0 aromatic heterocycles. The molecule has 1 aliphatic carbocycles. The van der Waals surface area contributed by atoms with Gasteiger partial charge in [-0.25, -0.2) is 4.79 Å². The first kappa shape index (κ1) is 13.3. The predicted octanol–water partition coefficient (Wildman–Crippen LogP) is 4.00. The lowest BCUT2D eigenvalue weighted by Crippen LogP contribution is -2.12. The minimum atomic E-state index is -0.0622. The van der Waals surface area contributed by atoms with E-state index in [2.05, 4.69) is 6.92 Å². The number of carbonyl (C=O) groups is 1. The Kier molecular flexibility index (Phi) is 6.20.